The molecule has 0 spiro atoms. The number of ether oxygens (including phenoxy) is 1. The van der Waals surface area contributed by atoms with Crippen LogP contribution in [0.3, 0.4) is 0 Å². The van der Waals surface area contributed by atoms with Gasteiger partial charge in [0.2, 0.25) is 0 Å². The van der Waals surface area contributed by atoms with E-state index in [2.05, 4.69) is 0 Å². The molecule has 1 aromatic rings. The monoisotopic (exact) mass is 236 g/mol. The molecule has 0 amide bonds. The maximum absolute atomic E-state index is 10.7. The van der Waals surface area contributed by atoms with Gasteiger partial charge in [0.1, 0.15) is 5.75 Å². The molecule has 0 unspecified atom stereocenters. The predicted molar refractivity (Wildman–Crippen MR) is 62.0 cm³/mol. The zero-order valence-corrected chi connectivity index (χ0v) is 9.72. The van der Waals surface area contributed by atoms with Gasteiger partial charge in [-0.2, -0.15) is 0 Å². The zero-order valence-electron chi connectivity index (χ0n) is 9.72. The third-order valence-electron chi connectivity index (χ3n) is 3.31. The number of benzene rings is 1. The molecule has 0 bridgehead atoms. The molecule has 1 aromatic carbocycles. The van der Waals surface area contributed by atoms with Gasteiger partial charge in [0, 0.05) is 6.42 Å². The molecule has 1 aliphatic rings. The number of hydrogen-bond acceptors (Lipinski definition) is 3. The van der Waals surface area contributed by atoms with Gasteiger partial charge in [0.05, 0.1) is 18.6 Å². The Kier molecular flexibility index (Phi) is 3.07. The van der Waals surface area contributed by atoms with E-state index >= 15 is 0 Å². The Balaban J connectivity index is 2.05. The number of carboxylic acids is 1. The standard InChI is InChI=1S/C13H16O4/c1-17-11-5-3-2-4-9(11)6-13(16)7-10(8-13)12(14)15/h2-5,10,16H,6-8H2,1H3,(H,14,15). The van der Waals surface area contributed by atoms with Crippen molar-refractivity contribution in [1.29, 1.82) is 0 Å². The van der Waals surface area contributed by atoms with E-state index in [9.17, 15) is 9.90 Å². The van der Waals surface area contributed by atoms with Crippen molar-refractivity contribution in [2.24, 2.45) is 5.92 Å². The molecule has 1 saturated carbocycles. The minimum absolute atomic E-state index is 0.320. The molecule has 0 heterocycles. The predicted octanol–water partition coefficient (Wildman–Crippen LogP) is 1.46. The number of aliphatic carboxylic acids is 1. The van der Waals surface area contributed by atoms with Crippen LogP contribution in [0.5, 0.6) is 5.75 Å². The molecule has 0 radical (unpaired) electrons. The fourth-order valence-corrected chi connectivity index (χ4v) is 2.38. The van der Waals surface area contributed by atoms with E-state index in [-0.39, 0.29) is 0 Å². The highest BCUT2D eigenvalue weighted by Crippen LogP contribution is 2.41. The van der Waals surface area contributed by atoms with Crippen molar-refractivity contribution in [2.75, 3.05) is 7.11 Å². The smallest absolute Gasteiger partial charge is 0.306 e. The van der Waals surface area contributed by atoms with Gasteiger partial charge in [-0.05, 0) is 24.5 Å². The first-order valence-electron chi connectivity index (χ1n) is 5.61. The van der Waals surface area contributed by atoms with Crippen LogP contribution in [0.25, 0.3) is 0 Å². The van der Waals surface area contributed by atoms with Crippen LogP contribution in [0.2, 0.25) is 0 Å². The van der Waals surface area contributed by atoms with Crippen LogP contribution in [0, 0.1) is 5.92 Å². The maximum atomic E-state index is 10.7. The molecule has 2 N–H and O–H groups in total. The second-order valence-corrected chi connectivity index (χ2v) is 4.66. The van der Waals surface area contributed by atoms with Gasteiger partial charge in [0.15, 0.2) is 0 Å². The van der Waals surface area contributed by atoms with Crippen molar-refractivity contribution in [3.63, 3.8) is 0 Å². The van der Waals surface area contributed by atoms with Crippen molar-refractivity contribution < 1.29 is 19.7 Å². The average Bonchev–Trinajstić information content (AvgIpc) is 2.26. The Morgan fingerprint density at radius 3 is 2.71 bits per heavy atom. The highest BCUT2D eigenvalue weighted by Gasteiger charge is 2.46. The molecule has 1 aliphatic carbocycles. The summed E-state index contributed by atoms with van der Waals surface area (Å²) in [6.07, 6.45) is 1.08. The van der Waals surface area contributed by atoms with Crippen molar-refractivity contribution >= 4 is 5.97 Å². The quantitative estimate of drug-likeness (QED) is 0.830. The third kappa shape index (κ3) is 2.42. The number of carboxylic acid groups (broad SMARTS) is 1. The molecule has 0 aromatic heterocycles. The van der Waals surface area contributed by atoms with Crippen LogP contribution in [0.4, 0.5) is 0 Å². The molecule has 4 heteroatoms. The van der Waals surface area contributed by atoms with Crippen molar-refractivity contribution in [2.45, 2.75) is 24.9 Å². The lowest BCUT2D eigenvalue weighted by atomic mass is 9.68. The molecule has 2 rings (SSSR count). The minimum atomic E-state index is -0.891. The SMILES string of the molecule is COc1ccccc1CC1(O)CC(C(=O)O)C1. The summed E-state index contributed by atoms with van der Waals surface area (Å²) >= 11 is 0. The van der Waals surface area contributed by atoms with Gasteiger partial charge in [-0.15, -0.1) is 0 Å². The van der Waals surface area contributed by atoms with Crippen LogP contribution in [-0.2, 0) is 11.2 Å². The van der Waals surface area contributed by atoms with Gasteiger partial charge in [0.25, 0.3) is 0 Å². The molecule has 0 atom stereocenters. The number of hydrogen-bond donors (Lipinski definition) is 2. The number of para-hydroxylation sites is 1. The summed E-state index contributed by atoms with van der Waals surface area (Å²) < 4.78 is 5.21. The summed E-state index contributed by atoms with van der Waals surface area (Å²) in [4.78, 5) is 10.7. The lowest BCUT2D eigenvalue weighted by Gasteiger charge is -2.41. The normalized spacial score (nSPS) is 27.3. The summed E-state index contributed by atoms with van der Waals surface area (Å²) in [5.74, 6) is -0.496. The minimum Gasteiger partial charge on any atom is -0.496 e. The van der Waals surface area contributed by atoms with Gasteiger partial charge < -0.3 is 14.9 Å². The number of carbonyl (C=O) groups is 1. The topological polar surface area (TPSA) is 66.8 Å². The first-order valence-corrected chi connectivity index (χ1v) is 5.61. The Labute approximate surface area is 99.8 Å². The molecular formula is C13H16O4. The molecule has 0 aliphatic heterocycles. The fourth-order valence-electron chi connectivity index (χ4n) is 2.38. The molecule has 17 heavy (non-hydrogen) atoms. The maximum Gasteiger partial charge on any atom is 0.306 e. The lowest BCUT2D eigenvalue weighted by Crippen LogP contribution is -2.48. The van der Waals surface area contributed by atoms with Crippen LogP contribution in [0.15, 0.2) is 24.3 Å². The van der Waals surface area contributed by atoms with Gasteiger partial charge in [-0.3, -0.25) is 4.79 Å². The Hall–Kier alpha value is -1.55. The van der Waals surface area contributed by atoms with E-state index < -0.39 is 17.5 Å². The van der Waals surface area contributed by atoms with E-state index in [1.165, 1.54) is 0 Å². The number of rotatable bonds is 4. The average molecular weight is 236 g/mol. The summed E-state index contributed by atoms with van der Waals surface area (Å²) in [5.41, 5.74) is 0.0267. The Morgan fingerprint density at radius 2 is 2.12 bits per heavy atom. The summed E-state index contributed by atoms with van der Waals surface area (Å²) in [6.45, 7) is 0. The molecule has 1 fully saturated rings. The Bertz CT molecular complexity index is 421. The number of methoxy groups -OCH3 is 1. The first-order chi connectivity index (χ1) is 8.04. The van der Waals surface area contributed by atoms with E-state index in [1.54, 1.807) is 7.11 Å². The van der Waals surface area contributed by atoms with E-state index in [0.29, 0.717) is 19.3 Å². The summed E-state index contributed by atoms with van der Waals surface area (Å²) in [6, 6.07) is 7.48. The van der Waals surface area contributed by atoms with Crippen molar-refractivity contribution in [3.05, 3.63) is 29.8 Å². The number of aliphatic hydroxyl groups is 1. The molecule has 92 valence electrons. The Morgan fingerprint density at radius 1 is 1.47 bits per heavy atom. The van der Waals surface area contributed by atoms with E-state index in [1.807, 2.05) is 24.3 Å². The van der Waals surface area contributed by atoms with Crippen LogP contribution in [-0.4, -0.2) is 28.9 Å². The van der Waals surface area contributed by atoms with Gasteiger partial charge in [-0.25, -0.2) is 0 Å². The molecule has 4 nitrogen and oxygen atoms in total. The first kappa shape index (κ1) is 11.9. The second-order valence-electron chi connectivity index (χ2n) is 4.66. The van der Waals surface area contributed by atoms with Crippen molar-refractivity contribution in [3.8, 4) is 5.75 Å². The zero-order chi connectivity index (χ0) is 12.5. The van der Waals surface area contributed by atoms with Gasteiger partial charge >= 0.3 is 5.97 Å². The van der Waals surface area contributed by atoms with E-state index in [4.69, 9.17) is 9.84 Å². The van der Waals surface area contributed by atoms with Crippen LogP contribution < -0.4 is 4.74 Å². The fraction of sp³-hybridized carbons (Fsp3) is 0.462. The van der Waals surface area contributed by atoms with Crippen LogP contribution in [0.1, 0.15) is 18.4 Å². The summed E-state index contributed by atoms with van der Waals surface area (Å²) in [5, 5.41) is 19.0. The summed E-state index contributed by atoms with van der Waals surface area (Å²) in [7, 11) is 1.59. The third-order valence-corrected chi connectivity index (χ3v) is 3.31. The lowest BCUT2D eigenvalue weighted by molar-refractivity contribution is -0.158. The molecule has 0 saturated heterocycles. The second kappa shape index (κ2) is 4.37. The molecular weight excluding hydrogens is 220 g/mol. The van der Waals surface area contributed by atoms with Crippen LogP contribution >= 0.6 is 0 Å². The highest BCUT2D eigenvalue weighted by atomic mass is 16.5. The van der Waals surface area contributed by atoms with E-state index in [0.717, 1.165) is 11.3 Å². The van der Waals surface area contributed by atoms with Crippen molar-refractivity contribution in [1.82, 2.24) is 0 Å². The highest BCUT2D eigenvalue weighted by molar-refractivity contribution is 5.71. The largest absolute Gasteiger partial charge is 0.496 e. The van der Waals surface area contributed by atoms with Gasteiger partial charge in [-0.1, -0.05) is 18.2 Å².